The van der Waals surface area contributed by atoms with E-state index in [-0.39, 0.29) is 48.1 Å². The van der Waals surface area contributed by atoms with E-state index in [0.717, 1.165) is 12.8 Å². The first-order valence-corrected chi connectivity index (χ1v) is 11.2. The number of hydrogen-bond acceptors (Lipinski definition) is 4. The number of likely N-dealkylation sites (tertiary alicyclic amines) is 1. The first kappa shape index (κ1) is 22.6. The lowest BCUT2D eigenvalue weighted by atomic mass is 9.96. The predicted octanol–water partition coefficient (Wildman–Crippen LogP) is 2.87. The average Bonchev–Trinajstić information content (AvgIpc) is 3.08. The number of imide groups is 1. The summed E-state index contributed by atoms with van der Waals surface area (Å²) in [5.74, 6) is -1.33. The van der Waals surface area contributed by atoms with Crippen molar-refractivity contribution in [1.29, 1.82) is 0 Å². The molecule has 4 amide bonds. The molecule has 0 aromatic heterocycles. The van der Waals surface area contributed by atoms with E-state index in [1.165, 1.54) is 17.0 Å². The molecule has 0 unspecified atom stereocenters. The van der Waals surface area contributed by atoms with E-state index < -0.39 is 5.82 Å². The van der Waals surface area contributed by atoms with E-state index in [9.17, 15) is 23.6 Å². The molecule has 0 spiro atoms. The highest BCUT2D eigenvalue weighted by Gasteiger charge is 2.34. The highest BCUT2D eigenvalue weighted by atomic mass is 19.1. The van der Waals surface area contributed by atoms with Gasteiger partial charge in [0, 0.05) is 32.6 Å². The number of rotatable bonds is 7. The molecule has 1 fully saturated rings. The number of nitrogens with zero attached hydrogens (tertiary/aromatic N) is 2. The summed E-state index contributed by atoms with van der Waals surface area (Å²) in [5.41, 5.74) is 0.904. The average molecular weight is 451 g/mol. The van der Waals surface area contributed by atoms with Crippen LogP contribution in [-0.4, -0.2) is 59.6 Å². The van der Waals surface area contributed by atoms with Gasteiger partial charge in [0.2, 0.25) is 5.91 Å². The maximum absolute atomic E-state index is 13.9. The summed E-state index contributed by atoms with van der Waals surface area (Å²) in [6, 6.07) is 12.7. The van der Waals surface area contributed by atoms with Crippen LogP contribution in [0.1, 0.15) is 56.8 Å². The maximum Gasteiger partial charge on any atom is 0.261 e. The Balaban J connectivity index is 1.16. The fourth-order valence-electron chi connectivity index (χ4n) is 4.33. The number of fused-ring (bicyclic) bond motifs is 1. The van der Waals surface area contributed by atoms with Crippen LogP contribution in [0.2, 0.25) is 0 Å². The van der Waals surface area contributed by atoms with Gasteiger partial charge in [0.25, 0.3) is 17.7 Å². The molecule has 0 saturated carbocycles. The number of amides is 4. The van der Waals surface area contributed by atoms with Gasteiger partial charge in [0.15, 0.2) is 0 Å². The summed E-state index contributed by atoms with van der Waals surface area (Å²) >= 11 is 0. The third-order valence-electron chi connectivity index (χ3n) is 6.26. The van der Waals surface area contributed by atoms with Gasteiger partial charge in [-0.25, -0.2) is 4.39 Å². The monoisotopic (exact) mass is 451 g/mol. The van der Waals surface area contributed by atoms with Crippen LogP contribution in [0.3, 0.4) is 0 Å². The normalized spacial score (nSPS) is 16.2. The summed E-state index contributed by atoms with van der Waals surface area (Å²) in [6.07, 6.45) is 2.08. The molecule has 2 aliphatic rings. The van der Waals surface area contributed by atoms with Crippen molar-refractivity contribution < 1.29 is 23.6 Å². The molecule has 1 saturated heterocycles. The van der Waals surface area contributed by atoms with Gasteiger partial charge in [0.05, 0.1) is 16.7 Å². The van der Waals surface area contributed by atoms with Crippen LogP contribution >= 0.6 is 0 Å². The summed E-state index contributed by atoms with van der Waals surface area (Å²) in [4.78, 5) is 52.3. The van der Waals surface area contributed by atoms with Gasteiger partial charge in [-0.3, -0.25) is 24.1 Å². The van der Waals surface area contributed by atoms with Gasteiger partial charge in [-0.05, 0) is 49.4 Å². The Morgan fingerprint density at radius 1 is 0.939 bits per heavy atom. The molecule has 1 N–H and O–H groups in total. The molecular formula is C25H26FN3O4. The van der Waals surface area contributed by atoms with E-state index in [2.05, 4.69) is 5.32 Å². The molecule has 172 valence electrons. The van der Waals surface area contributed by atoms with Crippen LogP contribution in [0, 0.1) is 11.7 Å². The van der Waals surface area contributed by atoms with E-state index in [0.29, 0.717) is 37.2 Å². The summed E-state index contributed by atoms with van der Waals surface area (Å²) in [6.45, 7) is 1.75. The summed E-state index contributed by atoms with van der Waals surface area (Å²) < 4.78 is 13.9. The minimum atomic E-state index is -0.516. The number of carbonyl (C=O) groups is 4. The molecule has 8 heteroatoms. The number of nitrogens with one attached hydrogen (secondary N) is 1. The highest BCUT2D eigenvalue weighted by molar-refractivity contribution is 6.21. The Kier molecular flexibility index (Phi) is 6.82. The van der Waals surface area contributed by atoms with Crippen molar-refractivity contribution in [1.82, 2.24) is 15.1 Å². The Labute approximate surface area is 191 Å². The van der Waals surface area contributed by atoms with E-state index >= 15 is 0 Å². The fourth-order valence-corrected chi connectivity index (χ4v) is 4.33. The maximum atomic E-state index is 13.9. The van der Waals surface area contributed by atoms with E-state index in [1.54, 1.807) is 41.3 Å². The number of halogens is 1. The minimum absolute atomic E-state index is 0.0855. The molecule has 7 nitrogen and oxygen atoms in total. The summed E-state index contributed by atoms with van der Waals surface area (Å²) in [5, 5.41) is 2.91. The Hall–Kier alpha value is -3.55. The van der Waals surface area contributed by atoms with Crippen LogP contribution in [0.25, 0.3) is 0 Å². The molecule has 2 aliphatic heterocycles. The van der Waals surface area contributed by atoms with Crippen molar-refractivity contribution >= 4 is 23.6 Å². The molecule has 0 atom stereocenters. The molecule has 33 heavy (non-hydrogen) atoms. The van der Waals surface area contributed by atoms with Crippen LogP contribution in [-0.2, 0) is 4.79 Å². The summed E-state index contributed by atoms with van der Waals surface area (Å²) in [7, 11) is 0. The van der Waals surface area contributed by atoms with E-state index in [4.69, 9.17) is 0 Å². The second kappa shape index (κ2) is 9.94. The van der Waals surface area contributed by atoms with Crippen molar-refractivity contribution in [2.45, 2.75) is 25.7 Å². The molecule has 0 bridgehead atoms. The van der Waals surface area contributed by atoms with Crippen molar-refractivity contribution in [2.24, 2.45) is 5.92 Å². The first-order chi connectivity index (χ1) is 16.0. The van der Waals surface area contributed by atoms with Crippen molar-refractivity contribution in [3.63, 3.8) is 0 Å². The van der Waals surface area contributed by atoms with Crippen molar-refractivity contribution in [2.75, 3.05) is 26.2 Å². The number of hydrogen-bond donors (Lipinski definition) is 1. The molecule has 4 rings (SSSR count). The Bertz CT molecular complexity index is 1040. The van der Waals surface area contributed by atoms with Gasteiger partial charge in [0.1, 0.15) is 5.82 Å². The van der Waals surface area contributed by atoms with Crippen LogP contribution < -0.4 is 5.32 Å². The smallest absolute Gasteiger partial charge is 0.261 e. The van der Waals surface area contributed by atoms with Gasteiger partial charge in [-0.15, -0.1) is 0 Å². The zero-order valence-electron chi connectivity index (χ0n) is 18.3. The lowest BCUT2D eigenvalue weighted by Crippen LogP contribution is -2.41. The molecular weight excluding hydrogens is 425 g/mol. The zero-order valence-corrected chi connectivity index (χ0v) is 18.3. The second-order valence-electron chi connectivity index (χ2n) is 8.43. The topological polar surface area (TPSA) is 86.8 Å². The van der Waals surface area contributed by atoms with Gasteiger partial charge >= 0.3 is 0 Å². The molecule has 0 radical (unpaired) electrons. The molecule has 2 heterocycles. The molecule has 0 aliphatic carbocycles. The zero-order chi connectivity index (χ0) is 23.4. The number of piperidine rings is 1. The Morgan fingerprint density at radius 3 is 2.18 bits per heavy atom. The van der Waals surface area contributed by atoms with Gasteiger partial charge in [-0.1, -0.05) is 24.3 Å². The standard InChI is InChI=1S/C25H26FN3O4/c26-21-9-4-3-8-20(21)23(31)28-14-11-17(12-15-28)16-27-22(30)10-5-13-29-24(32)18-6-1-2-7-19(18)25(29)33/h1-4,6-9,17H,5,10-16H2,(H,27,30). The van der Waals surface area contributed by atoms with Gasteiger partial charge in [-0.2, -0.15) is 0 Å². The predicted molar refractivity (Wildman–Crippen MR) is 119 cm³/mol. The second-order valence-corrected chi connectivity index (χ2v) is 8.43. The SMILES string of the molecule is O=C(CCCN1C(=O)c2ccccc2C1=O)NCC1CCN(C(=O)c2ccccc2F)CC1. The quantitative estimate of drug-likeness (QED) is 0.656. The third kappa shape index (κ3) is 4.94. The van der Waals surface area contributed by atoms with Crippen molar-refractivity contribution in [3.05, 3.63) is 71.0 Å². The molecule has 2 aromatic rings. The first-order valence-electron chi connectivity index (χ1n) is 11.2. The lowest BCUT2D eigenvalue weighted by molar-refractivity contribution is -0.121. The Morgan fingerprint density at radius 2 is 1.55 bits per heavy atom. The third-order valence-corrected chi connectivity index (χ3v) is 6.26. The lowest BCUT2D eigenvalue weighted by Gasteiger charge is -2.32. The highest BCUT2D eigenvalue weighted by Crippen LogP contribution is 2.23. The largest absolute Gasteiger partial charge is 0.356 e. The minimum Gasteiger partial charge on any atom is -0.356 e. The fraction of sp³-hybridized carbons (Fsp3) is 0.360. The van der Waals surface area contributed by atoms with Crippen molar-refractivity contribution in [3.8, 4) is 0 Å². The number of carbonyl (C=O) groups excluding carboxylic acids is 4. The van der Waals surface area contributed by atoms with Crippen LogP contribution in [0.5, 0.6) is 0 Å². The van der Waals surface area contributed by atoms with Gasteiger partial charge < -0.3 is 10.2 Å². The molecule has 2 aromatic carbocycles. The van der Waals surface area contributed by atoms with Crippen LogP contribution in [0.15, 0.2) is 48.5 Å². The van der Waals surface area contributed by atoms with Crippen LogP contribution in [0.4, 0.5) is 4.39 Å². The number of benzene rings is 2. The van der Waals surface area contributed by atoms with E-state index in [1.807, 2.05) is 0 Å².